The van der Waals surface area contributed by atoms with Crippen LogP contribution in [0, 0.1) is 0 Å². The van der Waals surface area contributed by atoms with Gasteiger partial charge in [-0.1, -0.05) is 283 Å². The van der Waals surface area contributed by atoms with Crippen LogP contribution < -0.4 is 0 Å². The highest BCUT2D eigenvalue weighted by atomic mass is 16.6. The first-order chi connectivity index (χ1) is 34.5. The van der Waals surface area contributed by atoms with Gasteiger partial charge in [0.25, 0.3) is 0 Å². The lowest BCUT2D eigenvalue weighted by Crippen LogP contribution is -2.30. The predicted molar refractivity (Wildman–Crippen MR) is 303 cm³/mol. The van der Waals surface area contributed by atoms with Gasteiger partial charge in [0.15, 0.2) is 6.10 Å². The molecule has 1 unspecified atom stereocenters. The molecule has 0 heterocycles. The molecule has 0 aliphatic carbocycles. The number of carbonyl (C=O) groups is 3. The molecule has 412 valence electrons. The van der Waals surface area contributed by atoms with Crippen LogP contribution in [0.2, 0.25) is 0 Å². The summed E-state index contributed by atoms with van der Waals surface area (Å²) in [5.74, 6) is -0.870. The summed E-state index contributed by atoms with van der Waals surface area (Å²) in [6, 6.07) is 0. The Morgan fingerprint density at radius 2 is 0.471 bits per heavy atom. The lowest BCUT2D eigenvalue weighted by Gasteiger charge is -2.18. The molecule has 0 saturated heterocycles. The van der Waals surface area contributed by atoms with E-state index in [1.54, 1.807) is 0 Å². The molecular weight excluding hydrogens is 865 g/mol. The summed E-state index contributed by atoms with van der Waals surface area (Å²) in [7, 11) is 0. The Morgan fingerprint density at radius 1 is 0.271 bits per heavy atom. The summed E-state index contributed by atoms with van der Waals surface area (Å²) >= 11 is 0. The average molecular weight is 986 g/mol. The van der Waals surface area contributed by atoms with Gasteiger partial charge in [-0.05, 0) is 70.6 Å². The van der Waals surface area contributed by atoms with Crippen LogP contribution in [0.15, 0.2) is 24.3 Å². The zero-order valence-electron chi connectivity index (χ0n) is 47.3. The standard InChI is InChI=1S/C64H120O6/c1-4-7-10-13-16-19-22-25-26-27-28-29-30-31-32-33-34-35-36-37-40-42-45-48-51-54-57-63(66)69-60-61(70-64(67)58-55-52-49-46-43-39-24-21-18-15-12-9-6-3)59-68-62(65)56-53-50-47-44-41-38-23-20-17-14-11-8-5-2/h20-21,23-24,61H,4-19,22,25-60H2,1-3H3/b23-20-,24-21-. The van der Waals surface area contributed by atoms with Gasteiger partial charge in [0.2, 0.25) is 0 Å². The first-order valence-electron chi connectivity index (χ1n) is 31.3. The summed E-state index contributed by atoms with van der Waals surface area (Å²) in [5.41, 5.74) is 0. The molecule has 0 aromatic heterocycles. The predicted octanol–water partition coefficient (Wildman–Crippen LogP) is 21.1. The second-order valence-corrected chi connectivity index (χ2v) is 21.3. The van der Waals surface area contributed by atoms with Crippen LogP contribution in [-0.4, -0.2) is 37.2 Å². The van der Waals surface area contributed by atoms with Gasteiger partial charge in [-0.25, -0.2) is 0 Å². The molecule has 0 aliphatic rings. The summed E-state index contributed by atoms with van der Waals surface area (Å²) in [5, 5.41) is 0. The van der Waals surface area contributed by atoms with Crippen molar-refractivity contribution in [2.45, 2.75) is 354 Å². The zero-order chi connectivity index (χ0) is 50.7. The van der Waals surface area contributed by atoms with E-state index >= 15 is 0 Å². The fourth-order valence-electron chi connectivity index (χ4n) is 9.44. The van der Waals surface area contributed by atoms with E-state index in [1.165, 1.54) is 238 Å². The van der Waals surface area contributed by atoms with Crippen molar-refractivity contribution in [3.05, 3.63) is 24.3 Å². The Hall–Kier alpha value is -2.11. The average Bonchev–Trinajstić information content (AvgIpc) is 3.36. The minimum atomic E-state index is -0.775. The monoisotopic (exact) mass is 985 g/mol. The minimum absolute atomic E-state index is 0.0728. The highest BCUT2D eigenvalue weighted by Gasteiger charge is 2.19. The molecule has 6 heteroatoms. The van der Waals surface area contributed by atoms with Crippen LogP contribution in [0.25, 0.3) is 0 Å². The summed E-state index contributed by atoms with van der Waals surface area (Å²) in [6.45, 7) is 6.65. The highest BCUT2D eigenvalue weighted by molar-refractivity contribution is 5.71. The number of hydrogen-bond donors (Lipinski definition) is 0. The van der Waals surface area contributed by atoms with Crippen LogP contribution in [0.5, 0.6) is 0 Å². The Bertz CT molecular complexity index is 1130. The van der Waals surface area contributed by atoms with Gasteiger partial charge in [-0.15, -0.1) is 0 Å². The van der Waals surface area contributed by atoms with Crippen molar-refractivity contribution < 1.29 is 28.6 Å². The molecule has 0 N–H and O–H groups in total. The molecule has 6 nitrogen and oxygen atoms in total. The molecule has 0 radical (unpaired) electrons. The van der Waals surface area contributed by atoms with Crippen LogP contribution >= 0.6 is 0 Å². The summed E-state index contributed by atoms with van der Waals surface area (Å²) < 4.78 is 16.9. The Morgan fingerprint density at radius 3 is 0.729 bits per heavy atom. The Balaban J connectivity index is 4.17. The van der Waals surface area contributed by atoms with Crippen molar-refractivity contribution >= 4 is 17.9 Å². The number of ether oxygens (including phenoxy) is 3. The topological polar surface area (TPSA) is 78.9 Å². The molecule has 0 bridgehead atoms. The van der Waals surface area contributed by atoms with Crippen molar-refractivity contribution in [3.63, 3.8) is 0 Å². The first-order valence-corrected chi connectivity index (χ1v) is 31.3. The SMILES string of the molecule is CCCCCC/C=C\CCCCCCCC(=O)OCC(COC(=O)CCCCCCCCCCCCCCCCCCCCCCCCCCCC)OC(=O)CCCCCCC/C=C\CCCCCC. The lowest BCUT2D eigenvalue weighted by atomic mass is 10.0. The molecule has 0 rings (SSSR count). The van der Waals surface area contributed by atoms with Gasteiger partial charge in [0.1, 0.15) is 13.2 Å². The van der Waals surface area contributed by atoms with Gasteiger partial charge in [0.05, 0.1) is 0 Å². The lowest BCUT2D eigenvalue weighted by molar-refractivity contribution is -0.167. The van der Waals surface area contributed by atoms with E-state index in [1.807, 2.05) is 0 Å². The number of esters is 3. The van der Waals surface area contributed by atoms with Crippen molar-refractivity contribution in [3.8, 4) is 0 Å². The van der Waals surface area contributed by atoms with E-state index in [4.69, 9.17) is 14.2 Å². The van der Waals surface area contributed by atoms with Crippen LogP contribution in [0.3, 0.4) is 0 Å². The molecule has 0 aromatic rings. The molecule has 0 aliphatic heterocycles. The van der Waals surface area contributed by atoms with Gasteiger partial charge >= 0.3 is 17.9 Å². The largest absolute Gasteiger partial charge is 0.462 e. The van der Waals surface area contributed by atoms with E-state index in [9.17, 15) is 14.4 Å². The second-order valence-electron chi connectivity index (χ2n) is 21.3. The smallest absolute Gasteiger partial charge is 0.306 e. The first kappa shape index (κ1) is 67.9. The fourth-order valence-corrected chi connectivity index (χ4v) is 9.44. The van der Waals surface area contributed by atoms with Gasteiger partial charge < -0.3 is 14.2 Å². The van der Waals surface area contributed by atoms with Gasteiger partial charge in [-0.3, -0.25) is 14.4 Å². The molecule has 0 fully saturated rings. The van der Waals surface area contributed by atoms with Crippen molar-refractivity contribution in [1.82, 2.24) is 0 Å². The number of allylic oxidation sites excluding steroid dienone is 4. The fraction of sp³-hybridized carbons (Fsp3) is 0.891. The quantitative estimate of drug-likeness (QED) is 0.0261. The summed E-state index contributed by atoms with van der Waals surface area (Å²) in [4.78, 5) is 38.2. The normalized spacial score (nSPS) is 12.1. The zero-order valence-corrected chi connectivity index (χ0v) is 47.3. The van der Waals surface area contributed by atoms with Crippen LogP contribution in [0.1, 0.15) is 348 Å². The highest BCUT2D eigenvalue weighted by Crippen LogP contribution is 2.18. The molecular formula is C64H120O6. The number of carbonyl (C=O) groups excluding carboxylic acids is 3. The van der Waals surface area contributed by atoms with Crippen molar-refractivity contribution in [1.29, 1.82) is 0 Å². The van der Waals surface area contributed by atoms with Crippen molar-refractivity contribution in [2.75, 3.05) is 13.2 Å². The van der Waals surface area contributed by atoms with Gasteiger partial charge in [-0.2, -0.15) is 0 Å². The van der Waals surface area contributed by atoms with Crippen molar-refractivity contribution in [2.24, 2.45) is 0 Å². The third-order valence-corrected chi connectivity index (χ3v) is 14.2. The second kappa shape index (κ2) is 59.5. The van der Waals surface area contributed by atoms with Gasteiger partial charge in [0, 0.05) is 19.3 Å². The Kier molecular flexibility index (Phi) is 57.7. The third kappa shape index (κ3) is 56.8. The van der Waals surface area contributed by atoms with E-state index < -0.39 is 6.10 Å². The van der Waals surface area contributed by atoms with E-state index in [0.29, 0.717) is 19.3 Å². The van der Waals surface area contributed by atoms with E-state index in [2.05, 4.69) is 45.1 Å². The van der Waals surface area contributed by atoms with E-state index in [-0.39, 0.29) is 31.1 Å². The number of unbranched alkanes of at least 4 members (excludes halogenated alkanes) is 43. The minimum Gasteiger partial charge on any atom is -0.462 e. The third-order valence-electron chi connectivity index (χ3n) is 14.2. The summed E-state index contributed by atoms with van der Waals surface area (Å²) in [6.07, 6.45) is 70.5. The molecule has 0 spiro atoms. The van der Waals surface area contributed by atoms with E-state index in [0.717, 1.165) is 70.6 Å². The maximum absolute atomic E-state index is 12.8. The molecule has 0 amide bonds. The molecule has 0 saturated carbocycles. The number of hydrogen-bond acceptors (Lipinski definition) is 6. The molecule has 1 atom stereocenters. The molecule has 0 aromatic carbocycles. The van der Waals surface area contributed by atoms with Crippen LogP contribution in [0.4, 0.5) is 0 Å². The number of rotatable bonds is 58. The molecule has 70 heavy (non-hydrogen) atoms. The van der Waals surface area contributed by atoms with Crippen LogP contribution in [-0.2, 0) is 28.6 Å². The maximum atomic E-state index is 12.8. The Labute approximate surface area is 436 Å². The maximum Gasteiger partial charge on any atom is 0.306 e.